The molecule has 0 unspecified atom stereocenters. The van der Waals surface area contributed by atoms with E-state index in [1.807, 2.05) is 18.2 Å². The largest absolute Gasteiger partial charge is 0.573 e. The minimum atomic E-state index is -4.76. The minimum absolute atomic E-state index is 0.00467. The number of halogens is 4. The molecule has 1 atom stereocenters. The quantitative estimate of drug-likeness (QED) is 0.323. The Hall–Kier alpha value is -3.24. The predicted molar refractivity (Wildman–Crippen MR) is 138 cm³/mol. The zero-order valence-electron chi connectivity index (χ0n) is 20.4. The topological polar surface area (TPSA) is 54.8 Å². The van der Waals surface area contributed by atoms with E-state index in [0.717, 1.165) is 58.8 Å². The van der Waals surface area contributed by atoms with E-state index in [9.17, 15) is 22.7 Å². The van der Waals surface area contributed by atoms with Crippen molar-refractivity contribution >= 4 is 22.9 Å². The first-order valence-electron chi connectivity index (χ1n) is 12.3. The Morgan fingerprint density at radius 2 is 1.84 bits per heavy atom. The number of likely N-dealkylation sites (tertiary alicyclic amines) is 1. The molecule has 5 rings (SSSR count). The first kappa shape index (κ1) is 26.4. The number of ether oxygens (including phenoxy) is 2. The molecule has 0 bridgehead atoms. The van der Waals surface area contributed by atoms with Crippen LogP contribution in [0.3, 0.4) is 0 Å². The Morgan fingerprint density at radius 1 is 1.05 bits per heavy atom. The normalized spacial score (nSPS) is 17.9. The number of fused-ring (bicyclic) bond motifs is 1. The molecule has 2 aromatic carbocycles. The fourth-order valence-corrected chi connectivity index (χ4v) is 5.93. The Kier molecular flexibility index (Phi) is 7.80. The molecule has 3 aromatic rings. The van der Waals surface area contributed by atoms with E-state index < -0.39 is 6.36 Å². The number of alkyl halides is 4. The molecule has 0 saturated carbocycles. The summed E-state index contributed by atoms with van der Waals surface area (Å²) in [6, 6.07) is 14.7. The third-order valence-corrected chi connectivity index (χ3v) is 7.58. The summed E-state index contributed by atoms with van der Waals surface area (Å²) in [6.07, 6.45) is -1.66. The number of hydrogen-bond acceptors (Lipinski definition) is 6. The van der Waals surface area contributed by atoms with Crippen LogP contribution >= 0.6 is 11.8 Å². The highest BCUT2D eigenvalue weighted by molar-refractivity contribution is 7.99. The van der Waals surface area contributed by atoms with Crippen LogP contribution in [0, 0.1) is 0 Å². The van der Waals surface area contributed by atoms with Crippen LogP contribution in [0.5, 0.6) is 17.4 Å². The molecule has 1 aromatic heterocycles. The summed E-state index contributed by atoms with van der Waals surface area (Å²) >= 11 is 1.55. The van der Waals surface area contributed by atoms with Gasteiger partial charge in [0, 0.05) is 48.1 Å². The number of nitrogens with zero attached hydrogens (tertiary/aromatic N) is 2. The maximum Gasteiger partial charge on any atom is 0.573 e. The first-order chi connectivity index (χ1) is 18.3. The van der Waals surface area contributed by atoms with Gasteiger partial charge in [0.1, 0.15) is 17.6 Å². The summed E-state index contributed by atoms with van der Waals surface area (Å²) in [7, 11) is 0. The van der Waals surface area contributed by atoms with Crippen LogP contribution in [0.2, 0.25) is 0 Å². The Labute approximate surface area is 222 Å². The van der Waals surface area contributed by atoms with E-state index in [-0.39, 0.29) is 24.3 Å². The molecule has 5 nitrogen and oxygen atoms in total. The Bertz CT molecular complexity index is 1300. The maximum absolute atomic E-state index is 12.6. The SMILES string of the molecule is Oc1ccc2c(c1)SCC(c1ccc(OC(F)(F)F)cc1)=C2c1ccc(O[C@H]2CCN(CCCF)C2)nc1. The molecule has 0 spiro atoms. The van der Waals surface area contributed by atoms with Gasteiger partial charge in [0.25, 0.3) is 0 Å². The van der Waals surface area contributed by atoms with Crippen LogP contribution in [-0.4, -0.2) is 59.5 Å². The van der Waals surface area contributed by atoms with Crippen molar-refractivity contribution in [1.82, 2.24) is 9.88 Å². The fourth-order valence-electron chi connectivity index (χ4n) is 4.79. The summed E-state index contributed by atoms with van der Waals surface area (Å²) < 4.78 is 60.4. The van der Waals surface area contributed by atoms with Gasteiger partial charge in [-0.05, 0) is 71.5 Å². The van der Waals surface area contributed by atoms with E-state index in [0.29, 0.717) is 18.1 Å². The van der Waals surface area contributed by atoms with Gasteiger partial charge in [-0.15, -0.1) is 24.9 Å². The van der Waals surface area contributed by atoms with Gasteiger partial charge in [-0.25, -0.2) is 4.98 Å². The second-order valence-corrected chi connectivity index (χ2v) is 10.2. The number of pyridine rings is 1. The van der Waals surface area contributed by atoms with Crippen LogP contribution in [0.1, 0.15) is 29.5 Å². The van der Waals surface area contributed by atoms with Gasteiger partial charge >= 0.3 is 6.36 Å². The molecule has 1 fully saturated rings. The maximum atomic E-state index is 12.6. The smallest absolute Gasteiger partial charge is 0.508 e. The zero-order valence-corrected chi connectivity index (χ0v) is 21.2. The van der Waals surface area contributed by atoms with Crippen molar-refractivity contribution in [3.05, 3.63) is 77.5 Å². The molecule has 1 saturated heterocycles. The summed E-state index contributed by atoms with van der Waals surface area (Å²) in [5.74, 6) is 0.931. The fraction of sp³-hybridized carbons (Fsp3) is 0.321. The van der Waals surface area contributed by atoms with Crippen molar-refractivity contribution in [2.45, 2.75) is 30.2 Å². The van der Waals surface area contributed by atoms with Crippen LogP contribution < -0.4 is 9.47 Å². The number of aromatic hydroxyl groups is 1. The molecule has 38 heavy (non-hydrogen) atoms. The van der Waals surface area contributed by atoms with Crippen LogP contribution in [-0.2, 0) is 0 Å². The summed E-state index contributed by atoms with van der Waals surface area (Å²) in [4.78, 5) is 7.63. The number of benzene rings is 2. The predicted octanol–water partition coefficient (Wildman–Crippen LogP) is 6.56. The van der Waals surface area contributed by atoms with Gasteiger partial charge in [-0.1, -0.05) is 12.1 Å². The lowest BCUT2D eigenvalue weighted by Gasteiger charge is -2.24. The van der Waals surface area contributed by atoms with E-state index in [1.54, 1.807) is 42.2 Å². The summed E-state index contributed by atoms with van der Waals surface area (Å²) in [6.45, 7) is 2.00. The molecule has 10 heteroatoms. The van der Waals surface area contributed by atoms with E-state index >= 15 is 0 Å². The zero-order chi connectivity index (χ0) is 26.7. The highest BCUT2D eigenvalue weighted by Crippen LogP contribution is 2.45. The van der Waals surface area contributed by atoms with E-state index in [4.69, 9.17) is 4.74 Å². The number of rotatable bonds is 8. The molecular formula is C28H26F4N2O3S. The van der Waals surface area contributed by atoms with Crippen molar-refractivity contribution in [2.24, 2.45) is 0 Å². The number of thioether (sulfide) groups is 1. The van der Waals surface area contributed by atoms with E-state index in [1.165, 1.54) is 12.1 Å². The molecule has 2 aliphatic rings. The first-order valence-corrected chi connectivity index (χ1v) is 13.2. The average Bonchev–Trinajstić information content (AvgIpc) is 3.34. The molecule has 0 aliphatic carbocycles. The lowest BCUT2D eigenvalue weighted by atomic mass is 9.90. The Balaban J connectivity index is 1.43. The van der Waals surface area contributed by atoms with Crippen molar-refractivity contribution in [2.75, 3.05) is 32.1 Å². The van der Waals surface area contributed by atoms with Crippen molar-refractivity contribution in [3.63, 3.8) is 0 Å². The lowest BCUT2D eigenvalue weighted by molar-refractivity contribution is -0.274. The average molecular weight is 547 g/mol. The number of aromatic nitrogens is 1. The van der Waals surface area contributed by atoms with Gasteiger partial charge in [-0.2, -0.15) is 0 Å². The molecule has 3 heterocycles. The number of phenols is 1. The van der Waals surface area contributed by atoms with Gasteiger partial charge < -0.3 is 14.6 Å². The molecule has 0 amide bonds. The number of phenolic OH excluding ortho intramolecular Hbond substituents is 1. The number of hydrogen-bond donors (Lipinski definition) is 1. The van der Waals surface area contributed by atoms with Crippen LogP contribution in [0.15, 0.2) is 65.7 Å². The van der Waals surface area contributed by atoms with Crippen molar-refractivity contribution < 1.29 is 32.1 Å². The second-order valence-electron chi connectivity index (χ2n) is 9.15. The molecular weight excluding hydrogens is 520 g/mol. The molecule has 1 N–H and O–H groups in total. The standard InChI is InChI=1S/C28H26F4N2O3S/c29-11-1-12-34-13-10-22(16-34)36-26-9-4-19(15-33-26)27-23-8-5-20(35)14-25(23)38-17-24(27)18-2-6-21(7-3-18)37-28(30,31)32/h2-9,14-15,22,35H,1,10-13,16-17H2/t22-/m0/s1. The van der Waals surface area contributed by atoms with Gasteiger partial charge in [0.2, 0.25) is 5.88 Å². The second kappa shape index (κ2) is 11.2. The molecule has 0 radical (unpaired) electrons. The van der Waals surface area contributed by atoms with Gasteiger partial charge in [0.05, 0.1) is 6.67 Å². The summed E-state index contributed by atoms with van der Waals surface area (Å²) in [5, 5.41) is 10.0. The highest BCUT2D eigenvalue weighted by Gasteiger charge is 2.31. The highest BCUT2D eigenvalue weighted by atomic mass is 32.2. The third kappa shape index (κ3) is 6.24. The lowest BCUT2D eigenvalue weighted by Crippen LogP contribution is -2.26. The van der Waals surface area contributed by atoms with Gasteiger partial charge in [-0.3, -0.25) is 9.29 Å². The van der Waals surface area contributed by atoms with Crippen LogP contribution in [0.4, 0.5) is 17.6 Å². The Morgan fingerprint density at radius 3 is 2.55 bits per heavy atom. The third-order valence-electron chi connectivity index (χ3n) is 6.49. The van der Waals surface area contributed by atoms with Gasteiger partial charge in [0.15, 0.2) is 0 Å². The van der Waals surface area contributed by atoms with Crippen LogP contribution in [0.25, 0.3) is 11.1 Å². The minimum Gasteiger partial charge on any atom is -0.508 e. The van der Waals surface area contributed by atoms with Crippen molar-refractivity contribution in [3.8, 4) is 17.4 Å². The summed E-state index contributed by atoms with van der Waals surface area (Å²) in [5.41, 5.74) is 4.31. The monoisotopic (exact) mass is 546 g/mol. The van der Waals surface area contributed by atoms with Crippen molar-refractivity contribution in [1.29, 1.82) is 0 Å². The van der Waals surface area contributed by atoms with E-state index in [2.05, 4.69) is 14.6 Å². The molecule has 200 valence electrons. The molecule has 2 aliphatic heterocycles.